The number of amides is 1. The maximum Gasteiger partial charge on any atom is 0.261 e. The summed E-state index contributed by atoms with van der Waals surface area (Å²) in [4.78, 5) is 12.6. The van der Waals surface area contributed by atoms with E-state index in [1.807, 2.05) is 13.8 Å². The van der Waals surface area contributed by atoms with Crippen LogP contribution in [0.5, 0.6) is 5.75 Å². The molecule has 1 aromatic heterocycles. The first kappa shape index (κ1) is 12.4. The number of hydrogen-bond acceptors (Lipinski definition) is 4. The maximum absolute atomic E-state index is 11.9. The molecule has 0 bridgehead atoms. The molecule has 2 atom stereocenters. The Bertz CT molecular complexity index is 427. The standard InChI is InChI=1S/C12H17NO3S/c1-12(2)9(5-10(12)14)13-11(15)8-4-7(16-3)6-17-8/h4,6,9-10,14H,5H2,1-3H3,(H,13,15). The highest BCUT2D eigenvalue weighted by Gasteiger charge is 2.48. The van der Waals surface area contributed by atoms with Gasteiger partial charge in [-0.25, -0.2) is 0 Å². The van der Waals surface area contributed by atoms with Crippen molar-refractivity contribution < 1.29 is 14.6 Å². The minimum absolute atomic E-state index is 0.0399. The average Bonchev–Trinajstić information content (AvgIpc) is 2.77. The molecule has 1 saturated carbocycles. The smallest absolute Gasteiger partial charge is 0.261 e. The third-order valence-corrected chi connectivity index (χ3v) is 4.46. The Hall–Kier alpha value is -1.07. The van der Waals surface area contributed by atoms with Crippen molar-refractivity contribution in [2.75, 3.05) is 7.11 Å². The Morgan fingerprint density at radius 2 is 2.35 bits per heavy atom. The number of hydrogen-bond donors (Lipinski definition) is 2. The van der Waals surface area contributed by atoms with Crippen molar-refractivity contribution in [1.29, 1.82) is 0 Å². The molecule has 1 aliphatic carbocycles. The van der Waals surface area contributed by atoms with Gasteiger partial charge in [0.15, 0.2) is 0 Å². The van der Waals surface area contributed by atoms with Crippen LogP contribution >= 0.6 is 11.3 Å². The lowest BCUT2D eigenvalue weighted by molar-refractivity contribution is -0.0689. The van der Waals surface area contributed by atoms with E-state index in [9.17, 15) is 9.90 Å². The Balaban J connectivity index is 1.98. The van der Waals surface area contributed by atoms with E-state index < -0.39 is 0 Å². The minimum atomic E-state index is -0.328. The van der Waals surface area contributed by atoms with Gasteiger partial charge in [-0.15, -0.1) is 11.3 Å². The molecule has 1 fully saturated rings. The highest BCUT2D eigenvalue weighted by Crippen LogP contribution is 2.40. The molecule has 5 heteroatoms. The zero-order valence-electron chi connectivity index (χ0n) is 10.2. The third kappa shape index (κ3) is 2.17. The second kappa shape index (κ2) is 4.31. The Morgan fingerprint density at radius 3 is 2.82 bits per heavy atom. The van der Waals surface area contributed by atoms with Crippen LogP contribution in [-0.2, 0) is 0 Å². The van der Waals surface area contributed by atoms with Gasteiger partial charge in [0.25, 0.3) is 5.91 Å². The molecule has 0 saturated heterocycles. The summed E-state index contributed by atoms with van der Waals surface area (Å²) in [6.45, 7) is 3.92. The van der Waals surface area contributed by atoms with Crippen molar-refractivity contribution in [1.82, 2.24) is 5.32 Å². The molecular weight excluding hydrogens is 238 g/mol. The van der Waals surface area contributed by atoms with Gasteiger partial charge >= 0.3 is 0 Å². The number of aliphatic hydroxyl groups is 1. The van der Waals surface area contributed by atoms with E-state index in [1.54, 1.807) is 18.6 Å². The number of rotatable bonds is 3. The molecule has 0 aliphatic heterocycles. The monoisotopic (exact) mass is 255 g/mol. The zero-order valence-corrected chi connectivity index (χ0v) is 11.0. The van der Waals surface area contributed by atoms with E-state index in [-0.39, 0.29) is 23.5 Å². The molecular formula is C12H17NO3S. The number of nitrogens with one attached hydrogen (secondary N) is 1. The van der Waals surface area contributed by atoms with E-state index in [2.05, 4.69) is 5.32 Å². The summed E-state index contributed by atoms with van der Waals surface area (Å²) in [5.74, 6) is 0.608. The Kier molecular flexibility index (Phi) is 3.14. The van der Waals surface area contributed by atoms with Gasteiger partial charge in [-0.1, -0.05) is 13.8 Å². The average molecular weight is 255 g/mol. The van der Waals surface area contributed by atoms with Crippen LogP contribution in [0.15, 0.2) is 11.4 Å². The second-order valence-corrected chi connectivity index (χ2v) is 5.86. The predicted molar refractivity (Wildman–Crippen MR) is 66.5 cm³/mol. The summed E-state index contributed by atoms with van der Waals surface area (Å²) >= 11 is 1.36. The summed E-state index contributed by atoms with van der Waals surface area (Å²) in [7, 11) is 1.58. The van der Waals surface area contributed by atoms with Gasteiger partial charge in [-0.05, 0) is 6.42 Å². The third-order valence-electron chi connectivity index (χ3n) is 3.56. The van der Waals surface area contributed by atoms with E-state index >= 15 is 0 Å². The summed E-state index contributed by atoms with van der Waals surface area (Å²) in [6, 6.07) is 1.76. The first-order valence-electron chi connectivity index (χ1n) is 5.56. The summed E-state index contributed by atoms with van der Waals surface area (Å²) in [6.07, 6.45) is 0.298. The predicted octanol–water partition coefficient (Wildman–Crippen LogP) is 1.65. The summed E-state index contributed by atoms with van der Waals surface area (Å²) in [5.41, 5.74) is -0.239. The van der Waals surface area contributed by atoms with E-state index in [1.165, 1.54) is 11.3 Å². The molecule has 2 N–H and O–H groups in total. The van der Waals surface area contributed by atoms with E-state index in [4.69, 9.17) is 4.74 Å². The molecule has 1 aromatic rings. The Labute approximate surface area is 105 Å². The van der Waals surface area contributed by atoms with E-state index in [0.29, 0.717) is 17.0 Å². The molecule has 2 rings (SSSR count). The minimum Gasteiger partial charge on any atom is -0.496 e. The summed E-state index contributed by atoms with van der Waals surface area (Å²) < 4.78 is 5.04. The molecule has 2 unspecified atom stereocenters. The topological polar surface area (TPSA) is 58.6 Å². The first-order valence-corrected chi connectivity index (χ1v) is 6.44. The molecule has 1 amide bonds. The van der Waals surface area contributed by atoms with Crippen LogP contribution in [0.3, 0.4) is 0 Å². The number of methoxy groups -OCH3 is 1. The largest absolute Gasteiger partial charge is 0.496 e. The molecule has 0 spiro atoms. The normalized spacial score (nSPS) is 26.1. The van der Waals surface area contributed by atoms with Crippen molar-refractivity contribution in [3.05, 3.63) is 16.3 Å². The van der Waals surface area contributed by atoms with Crippen LogP contribution in [-0.4, -0.2) is 30.3 Å². The number of carbonyl (C=O) groups is 1. The van der Waals surface area contributed by atoms with Gasteiger partial charge in [0.1, 0.15) is 5.75 Å². The van der Waals surface area contributed by atoms with Crippen LogP contribution in [0.1, 0.15) is 29.9 Å². The summed E-state index contributed by atoms with van der Waals surface area (Å²) in [5, 5.41) is 14.4. The second-order valence-electron chi connectivity index (χ2n) is 4.95. The van der Waals surface area contributed by atoms with Gasteiger partial charge in [0.2, 0.25) is 0 Å². The van der Waals surface area contributed by atoms with Crippen LogP contribution in [0.25, 0.3) is 0 Å². The van der Waals surface area contributed by atoms with Crippen molar-refractivity contribution >= 4 is 17.2 Å². The van der Waals surface area contributed by atoms with Crippen molar-refractivity contribution in [2.24, 2.45) is 5.41 Å². The van der Waals surface area contributed by atoms with Crippen LogP contribution in [0.2, 0.25) is 0 Å². The van der Waals surface area contributed by atoms with Crippen LogP contribution < -0.4 is 10.1 Å². The molecule has 94 valence electrons. The zero-order chi connectivity index (χ0) is 12.6. The molecule has 0 aromatic carbocycles. The maximum atomic E-state index is 11.9. The fraction of sp³-hybridized carbons (Fsp3) is 0.583. The molecule has 1 aliphatic rings. The van der Waals surface area contributed by atoms with Crippen molar-refractivity contribution in [3.63, 3.8) is 0 Å². The number of thiophene rings is 1. The van der Waals surface area contributed by atoms with Gasteiger partial charge in [-0.3, -0.25) is 4.79 Å². The molecule has 1 heterocycles. The Morgan fingerprint density at radius 1 is 1.65 bits per heavy atom. The lowest BCUT2D eigenvalue weighted by Crippen LogP contribution is -2.61. The number of aliphatic hydroxyl groups excluding tert-OH is 1. The lowest BCUT2D eigenvalue weighted by Gasteiger charge is -2.49. The number of carbonyl (C=O) groups excluding carboxylic acids is 1. The highest BCUT2D eigenvalue weighted by molar-refractivity contribution is 7.12. The lowest BCUT2D eigenvalue weighted by atomic mass is 9.64. The van der Waals surface area contributed by atoms with Crippen molar-refractivity contribution in [2.45, 2.75) is 32.4 Å². The highest BCUT2D eigenvalue weighted by atomic mass is 32.1. The fourth-order valence-corrected chi connectivity index (χ4v) is 2.68. The fourth-order valence-electron chi connectivity index (χ4n) is 1.92. The molecule has 0 radical (unpaired) electrons. The van der Waals surface area contributed by atoms with Crippen LogP contribution in [0, 0.1) is 5.41 Å². The van der Waals surface area contributed by atoms with Gasteiger partial charge in [-0.2, -0.15) is 0 Å². The van der Waals surface area contributed by atoms with Crippen LogP contribution in [0.4, 0.5) is 0 Å². The first-order chi connectivity index (χ1) is 7.95. The van der Waals surface area contributed by atoms with Gasteiger partial charge < -0.3 is 15.2 Å². The van der Waals surface area contributed by atoms with Crippen molar-refractivity contribution in [3.8, 4) is 5.75 Å². The quantitative estimate of drug-likeness (QED) is 0.863. The number of ether oxygens (including phenoxy) is 1. The molecule has 17 heavy (non-hydrogen) atoms. The van der Waals surface area contributed by atoms with E-state index in [0.717, 1.165) is 0 Å². The van der Waals surface area contributed by atoms with Gasteiger partial charge in [0, 0.05) is 22.9 Å². The van der Waals surface area contributed by atoms with Gasteiger partial charge in [0.05, 0.1) is 18.1 Å². The molecule has 4 nitrogen and oxygen atoms in total. The SMILES string of the molecule is COc1csc(C(=O)NC2CC(O)C2(C)C)c1.